The fourth-order valence-electron chi connectivity index (χ4n) is 5.67. The van der Waals surface area contributed by atoms with Gasteiger partial charge in [-0.3, -0.25) is 9.69 Å². The van der Waals surface area contributed by atoms with Crippen molar-refractivity contribution in [2.24, 2.45) is 5.92 Å². The molecule has 0 unspecified atom stereocenters. The lowest BCUT2D eigenvalue weighted by molar-refractivity contribution is -0.125. The molecule has 1 atom stereocenters. The molecule has 5 rings (SSSR count). The molecule has 0 aromatic carbocycles. The quantitative estimate of drug-likeness (QED) is 0.772. The standard InChI is InChI=1S/C24H37N7O/c1-18-7-4-6-12-29(18)16-11-25-24(32)19-9-14-30(15-10-19)22-21-23(27-17-26-22)31-13-5-2-3-8-20(31)28-21/h17-19H,2-16H2,1H3,(H,25,32)/t18-/m0/s1. The van der Waals surface area contributed by atoms with Gasteiger partial charge < -0.3 is 14.8 Å². The Hall–Kier alpha value is -2.22. The summed E-state index contributed by atoms with van der Waals surface area (Å²) in [5.41, 5.74) is 1.90. The van der Waals surface area contributed by atoms with Crippen molar-refractivity contribution in [1.82, 2.24) is 29.7 Å². The number of nitrogens with zero attached hydrogens (tertiary/aromatic N) is 6. The second-order valence-corrected chi connectivity index (χ2v) is 9.79. The van der Waals surface area contributed by atoms with Gasteiger partial charge in [-0.05, 0) is 52.0 Å². The molecule has 3 aliphatic heterocycles. The van der Waals surface area contributed by atoms with E-state index in [0.29, 0.717) is 6.04 Å². The molecular weight excluding hydrogens is 402 g/mol. The summed E-state index contributed by atoms with van der Waals surface area (Å²) in [4.78, 5) is 31.7. The van der Waals surface area contributed by atoms with Gasteiger partial charge >= 0.3 is 0 Å². The molecular formula is C24H37N7O. The molecule has 0 bridgehead atoms. The van der Waals surface area contributed by atoms with Gasteiger partial charge in [0.1, 0.15) is 12.2 Å². The maximum Gasteiger partial charge on any atom is 0.223 e. The topological polar surface area (TPSA) is 79.2 Å². The number of anilines is 1. The van der Waals surface area contributed by atoms with Gasteiger partial charge in [0.05, 0.1) is 0 Å². The van der Waals surface area contributed by atoms with Gasteiger partial charge in [-0.15, -0.1) is 0 Å². The van der Waals surface area contributed by atoms with Crippen LogP contribution >= 0.6 is 0 Å². The molecule has 2 fully saturated rings. The SMILES string of the molecule is C[C@H]1CCCCN1CCNC(=O)C1CCN(c2ncnc3c2nc2n3CCCCC2)CC1. The lowest BCUT2D eigenvalue weighted by Crippen LogP contribution is -2.45. The summed E-state index contributed by atoms with van der Waals surface area (Å²) in [6.07, 6.45) is 12.0. The van der Waals surface area contributed by atoms with Crippen LogP contribution in [0.3, 0.4) is 0 Å². The highest BCUT2D eigenvalue weighted by Crippen LogP contribution is 2.29. The zero-order valence-corrected chi connectivity index (χ0v) is 19.4. The number of carbonyl (C=O) groups is 1. The van der Waals surface area contributed by atoms with E-state index in [-0.39, 0.29) is 11.8 Å². The molecule has 0 spiro atoms. The summed E-state index contributed by atoms with van der Waals surface area (Å²) in [7, 11) is 0. The monoisotopic (exact) mass is 439 g/mol. The van der Waals surface area contributed by atoms with Crippen molar-refractivity contribution in [1.29, 1.82) is 0 Å². The van der Waals surface area contributed by atoms with Crippen LogP contribution in [-0.2, 0) is 17.8 Å². The molecule has 2 saturated heterocycles. The van der Waals surface area contributed by atoms with Gasteiger partial charge in [-0.2, -0.15) is 0 Å². The minimum absolute atomic E-state index is 0.0982. The van der Waals surface area contributed by atoms with Gasteiger partial charge in [0.2, 0.25) is 5.91 Å². The lowest BCUT2D eigenvalue weighted by Gasteiger charge is -2.34. The molecule has 174 valence electrons. The number of fused-ring (bicyclic) bond motifs is 3. The Morgan fingerprint density at radius 2 is 1.88 bits per heavy atom. The summed E-state index contributed by atoms with van der Waals surface area (Å²) < 4.78 is 2.29. The van der Waals surface area contributed by atoms with Gasteiger partial charge in [0, 0.05) is 51.1 Å². The van der Waals surface area contributed by atoms with E-state index >= 15 is 0 Å². The number of aryl methyl sites for hydroxylation is 2. The molecule has 3 aliphatic rings. The maximum absolute atomic E-state index is 12.8. The van der Waals surface area contributed by atoms with Crippen LogP contribution < -0.4 is 10.2 Å². The Balaban J connectivity index is 1.17. The molecule has 0 radical (unpaired) electrons. The third kappa shape index (κ3) is 4.47. The van der Waals surface area contributed by atoms with E-state index in [1.807, 2.05) is 0 Å². The molecule has 5 heterocycles. The summed E-state index contributed by atoms with van der Waals surface area (Å²) in [5.74, 6) is 2.40. The average Bonchev–Trinajstić information content (AvgIpc) is 3.01. The lowest BCUT2D eigenvalue weighted by atomic mass is 9.96. The minimum Gasteiger partial charge on any atom is -0.355 e. The van der Waals surface area contributed by atoms with Crippen molar-refractivity contribution in [3.05, 3.63) is 12.2 Å². The molecule has 8 heteroatoms. The van der Waals surface area contributed by atoms with Gasteiger partial charge in [0.15, 0.2) is 17.0 Å². The molecule has 0 aliphatic carbocycles. The summed E-state index contributed by atoms with van der Waals surface area (Å²) in [5, 5.41) is 3.20. The van der Waals surface area contributed by atoms with E-state index in [2.05, 4.69) is 36.6 Å². The highest BCUT2D eigenvalue weighted by atomic mass is 16.1. The van der Waals surface area contributed by atoms with Crippen LogP contribution in [0.1, 0.15) is 64.1 Å². The van der Waals surface area contributed by atoms with Crippen LogP contribution in [0.4, 0.5) is 5.82 Å². The largest absolute Gasteiger partial charge is 0.355 e. The third-order valence-corrected chi connectivity index (χ3v) is 7.68. The number of likely N-dealkylation sites (tertiary alicyclic amines) is 1. The van der Waals surface area contributed by atoms with Crippen molar-refractivity contribution < 1.29 is 4.79 Å². The number of hydrogen-bond acceptors (Lipinski definition) is 6. The molecule has 2 aromatic rings. The van der Waals surface area contributed by atoms with Crippen molar-refractivity contribution in [2.75, 3.05) is 37.6 Å². The van der Waals surface area contributed by atoms with Gasteiger partial charge in [-0.25, -0.2) is 15.0 Å². The number of amides is 1. The first-order chi connectivity index (χ1) is 15.7. The normalized spacial score (nSPS) is 23.2. The van der Waals surface area contributed by atoms with E-state index in [0.717, 1.165) is 74.8 Å². The van der Waals surface area contributed by atoms with E-state index < -0.39 is 0 Å². The van der Waals surface area contributed by atoms with E-state index in [9.17, 15) is 4.79 Å². The number of carbonyl (C=O) groups excluding carboxylic acids is 1. The highest BCUT2D eigenvalue weighted by Gasteiger charge is 2.28. The minimum atomic E-state index is 0.0982. The summed E-state index contributed by atoms with van der Waals surface area (Å²) in [6, 6.07) is 0.645. The van der Waals surface area contributed by atoms with Crippen LogP contribution in [-0.4, -0.2) is 69.1 Å². The highest BCUT2D eigenvalue weighted by molar-refractivity contribution is 5.84. The second-order valence-electron chi connectivity index (χ2n) is 9.79. The predicted octanol–water partition coefficient (Wildman–Crippen LogP) is 2.76. The van der Waals surface area contributed by atoms with Gasteiger partial charge in [0.25, 0.3) is 0 Å². The van der Waals surface area contributed by atoms with E-state index in [1.54, 1.807) is 6.33 Å². The first kappa shape index (κ1) is 21.6. The number of nitrogens with one attached hydrogen (secondary N) is 1. The summed E-state index contributed by atoms with van der Waals surface area (Å²) in [6.45, 7) is 7.89. The van der Waals surface area contributed by atoms with E-state index in [1.165, 1.54) is 45.1 Å². The van der Waals surface area contributed by atoms with Crippen LogP contribution in [0.15, 0.2) is 6.33 Å². The maximum atomic E-state index is 12.8. The third-order valence-electron chi connectivity index (χ3n) is 7.68. The molecule has 2 aromatic heterocycles. The average molecular weight is 440 g/mol. The molecule has 32 heavy (non-hydrogen) atoms. The van der Waals surface area contributed by atoms with Crippen LogP contribution in [0.5, 0.6) is 0 Å². The number of imidazole rings is 1. The van der Waals surface area contributed by atoms with Crippen molar-refractivity contribution in [3.63, 3.8) is 0 Å². The van der Waals surface area contributed by atoms with Crippen molar-refractivity contribution in [3.8, 4) is 0 Å². The summed E-state index contributed by atoms with van der Waals surface area (Å²) >= 11 is 0. The molecule has 1 N–H and O–H groups in total. The fraction of sp³-hybridized carbons (Fsp3) is 0.750. The first-order valence-corrected chi connectivity index (χ1v) is 12.7. The number of rotatable bonds is 5. The van der Waals surface area contributed by atoms with E-state index in [4.69, 9.17) is 4.98 Å². The Labute approximate surface area is 190 Å². The van der Waals surface area contributed by atoms with Crippen molar-refractivity contribution >= 4 is 22.9 Å². The Morgan fingerprint density at radius 3 is 2.72 bits per heavy atom. The Bertz CT molecular complexity index is 934. The Kier molecular flexibility index (Phi) is 6.57. The Morgan fingerprint density at radius 1 is 1.03 bits per heavy atom. The predicted molar refractivity (Wildman–Crippen MR) is 126 cm³/mol. The smallest absolute Gasteiger partial charge is 0.223 e. The number of hydrogen-bond donors (Lipinski definition) is 1. The van der Waals surface area contributed by atoms with Crippen LogP contribution in [0.2, 0.25) is 0 Å². The van der Waals surface area contributed by atoms with Crippen molar-refractivity contribution in [2.45, 2.75) is 77.3 Å². The number of aromatic nitrogens is 4. The molecule has 1 amide bonds. The van der Waals surface area contributed by atoms with Crippen LogP contribution in [0.25, 0.3) is 11.2 Å². The zero-order valence-electron chi connectivity index (χ0n) is 19.4. The first-order valence-electron chi connectivity index (χ1n) is 12.7. The number of piperidine rings is 2. The molecule has 0 saturated carbocycles. The van der Waals surface area contributed by atoms with Crippen LogP contribution in [0, 0.1) is 5.92 Å². The second kappa shape index (κ2) is 9.73. The zero-order chi connectivity index (χ0) is 21.9. The fourth-order valence-corrected chi connectivity index (χ4v) is 5.67. The molecule has 8 nitrogen and oxygen atoms in total. The van der Waals surface area contributed by atoms with Gasteiger partial charge in [-0.1, -0.05) is 12.8 Å².